The van der Waals surface area contributed by atoms with Crippen LogP contribution in [0.4, 0.5) is 0 Å². The molecule has 0 spiro atoms. The SMILES string of the molecule is O=c1[nH]c(-c2ccc(C=CCCl)cc2)cs1. The molecule has 0 amide bonds. The first-order chi connectivity index (χ1) is 7.79. The average Bonchev–Trinajstić information content (AvgIpc) is 2.74. The molecule has 2 nitrogen and oxygen atoms in total. The first kappa shape index (κ1) is 11.2. The predicted molar refractivity (Wildman–Crippen MR) is 70.1 cm³/mol. The van der Waals surface area contributed by atoms with Gasteiger partial charge in [-0.2, -0.15) is 0 Å². The van der Waals surface area contributed by atoms with Gasteiger partial charge in [0.05, 0.1) is 5.69 Å². The molecular formula is C12H10ClNOS. The van der Waals surface area contributed by atoms with E-state index in [1.807, 2.05) is 41.8 Å². The maximum atomic E-state index is 11.0. The molecule has 0 saturated carbocycles. The third kappa shape index (κ3) is 2.62. The van der Waals surface area contributed by atoms with Crippen molar-refractivity contribution in [3.63, 3.8) is 0 Å². The number of thiazole rings is 1. The zero-order valence-corrected chi connectivity index (χ0v) is 10.0. The van der Waals surface area contributed by atoms with Crippen LogP contribution in [-0.4, -0.2) is 10.9 Å². The van der Waals surface area contributed by atoms with Gasteiger partial charge in [0, 0.05) is 11.3 Å². The van der Waals surface area contributed by atoms with Crippen molar-refractivity contribution in [2.75, 3.05) is 5.88 Å². The molecule has 1 aromatic heterocycles. The molecule has 1 heterocycles. The molecule has 0 radical (unpaired) electrons. The molecule has 0 atom stereocenters. The third-order valence-electron chi connectivity index (χ3n) is 2.14. The minimum Gasteiger partial charge on any atom is -0.312 e. The van der Waals surface area contributed by atoms with Crippen LogP contribution < -0.4 is 4.87 Å². The van der Waals surface area contributed by atoms with Gasteiger partial charge >= 0.3 is 4.87 Å². The zero-order chi connectivity index (χ0) is 11.4. The number of benzene rings is 1. The van der Waals surface area contributed by atoms with Gasteiger partial charge in [-0.1, -0.05) is 47.8 Å². The van der Waals surface area contributed by atoms with Crippen molar-refractivity contribution in [2.45, 2.75) is 0 Å². The lowest BCUT2D eigenvalue weighted by atomic mass is 10.1. The van der Waals surface area contributed by atoms with Crippen molar-refractivity contribution in [1.29, 1.82) is 0 Å². The molecule has 0 aliphatic heterocycles. The lowest BCUT2D eigenvalue weighted by Gasteiger charge is -1.98. The summed E-state index contributed by atoms with van der Waals surface area (Å²) in [6, 6.07) is 7.94. The minimum atomic E-state index is -0.0267. The minimum absolute atomic E-state index is 0.0267. The Kier molecular flexibility index (Phi) is 3.59. The Bertz CT molecular complexity index is 539. The van der Waals surface area contributed by atoms with Gasteiger partial charge in [0.15, 0.2) is 0 Å². The van der Waals surface area contributed by atoms with Crippen molar-refractivity contribution >= 4 is 29.0 Å². The Hall–Kier alpha value is -1.32. The van der Waals surface area contributed by atoms with Crippen LogP contribution in [0.2, 0.25) is 0 Å². The second-order valence-electron chi connectivity index (χ2n) is 3.24. The quantitative estimate of drug-likeness (QED) is 0.834. The second-order valence-corrected chi connectivity index (χ2v) is 4.39. The fourth-order valence-corrected chi connectivity index (χ4v) is 2.05. The molecule has 0 aliphatic carbocycles. The molecule has 0 fully saturated rings. The third-order valence-corrected chi connectivity index (χ3v) is 2.99. The summed E-state index contributed by atoms with van der Waals surface area (Å²) >= 11 is 6.73. The molecule has 4 heteroatoms. The van der Waals surface area contributed by atoms with Gasteiger partial charge in [0.1, 0.15) is 0 Å². The normalized spacial score (nSPS) is 11.1. The molecule has 0 saturated heterocycles. The van der Waals surface area contributed by atoms with E-state index < -0.39 is 0 Å². The van der Waals surface area contributed by atoms with E-state index in [1.165, 1.54) is 11.3 Å². The van der Waals surface area contributed by atoms with E-state index in [-0.39, 0.29) is 4.87 Å². The van der Waals surface area contributed by atoms with Crippen molar-refractivity contribution in [2.24, 2.45) is 0 Å². The van der Waals surface area contributed by atoms with Crippen LogP contribution in [0.3, 0.4) is 0 Å². The van der Waals surface area contributed by atoms with E-state index in [4.69, 9.17) is 11.6 Å². The maximum absolute atomic E-state index is 11.0. The monoisotopic (exact) mass is 251 g/mol. The molecular weight excluding hydrogens is 242 g/mol. The van der Waals surface area contributed by atoms with Crippen molar-refractivity contribution < 1.29 is 0 Å². The van der Waals surface area contributed by atoms with Crippen LogP contribution in [0, 0.1) is 0 Å². The summed E-state index contributed by atoms with van der Waals surface area (Å²) < 4.78 is 0. The molecule has 82 valence electrons. The van der Waals surface area contributed by atoms with Gasteiger partial charge in [-0.3, -0.25) is 4.79 Å². The fourth-order valence-electron chi connectivity index (χ4n) is 1.38. The van der Waals surface area contributed by atoms with Crippen molar-refractivity contribution in [3.8, 4) is 11.3 Å². The molecule has 0 unspecified atom stereocenters. The van der Waals surface area contributed by atoms with Crippen LogP contribution >= 0.6 is 22.9 Å². The van der Waals surface area contributed by atoms with Crippen LogP contribution in [0.1, 0.15) is 5.56 Å². The van der Waals surface area contributed by atoms with E-state index in [0.717, 1.165) is 16.8 Å². The number of halogens is 1. The molecule has 2 rings (SSSR count). The summed E-state index contributed by atoms with van der Waals surface area (Å²) in [5.41, 5.74) is 2.98. The topological polar surface area (TPSA) is 32.9 Å². The summed E-state index contributed by atoms with van der Waals surface area (Å²) in [7, 11) is 0. The number of aromatic nitrogens is 1. The largest absolute Gasteiger partial charge is 0.312 e. The van der Waals surface area contributed by atoms with Crippen LogP contribution in [0.25, 0.3) is 17.3 Å². The van der Waals surface area contributed by atoms with Gasteiger partial charge in [-0.15, -0.1) is 11.6 Å². The number of alkyl halides is 1. The molecule has 2 aromatic rings. The highest BCUT2D eigenvalue weighted by molar-refractivity contribution is 7.07. The number of aromatic amines is 1. The Morgan fingerprint density at radius 2 is 2.06 bits per heavy atom. The molecule has 1 N–H and O–H groups in total. The van der Waals surface area contributed by atoms with Gasteiger partial charge in [0.25, 0.3) is 0 Å². The molecule has 1 aromatic carbocycles. The Labute approximate surface area is 102 Å². The first-order valence-electron chi connectivity index (χ1n) is 4.80. The zero-order valence-electron chi connectivity index (χ0n) is 8.44. The number of hydrogen-bond acceptors (Lipinski definition) is 2. The predicted octanol–water partition coefficient (Wildman–Crippen LogP) is 3.36. The number of hydrogen-bond donors (Lipinski definition) is 1. The molecule has 0 aliphatic rings. The summed E-state index contributed by atoms with van der Waals surface area (Å²) in [5.74, 6) is 0.513. The Balaban J connectivity index is 2.25. The smallest absolute Gasteiger partial charge is 0.304 e. The van der Waals surface area contributed by atoms with Gasteiger partial charge in [-0.05, 0) is 11.1 Å². The lowest BCUT2D eigenvalue weighted by molar-refractivity contribution is 1.34. The van der Waals surface area contributed by atoms with Crippen molar-refractivity contribution in [1.82, 2.24) is 4.98 Å². The number of rotatable bonds is 3. The van der Waals surface area contributed by atoms with Crippen LogP contribution in [0.5, 0.6) is 0 Å². The van der Waals surface area contributed by atoms with Crippen LogP contribution in [-0.2, 0) is 0 Å². The lowest BCUT2D eigenvalue weighted by Crippen LogP contribution is -1.92. The van der Waals surface area contributed by atoms with E-state index in [2.05, 4.69) is 4.98 Å². The highest BCUT2D eigenvalue weighted by Gasteiger charge is 1.99. The summed E-state index contributed by atoms with van der Waals surface area (Å²) in [5, 5.41) is 1.83. The first-order valence-corrected chi connectivity index (χ1v) is 6.22. The van der Waals surface area contributed by atoms with E-state index in [1.54, 1.807) is 0 Å². The Morgan fingerprint density at radius 1 is 1.31 bits per heavy atom. The second kappa shape index (κ2) is 5.14. The van der Waals surface area contributed by atoms with Gasteiger partial charge in [0.2, 0.25) is 0 Å². The molecule has 0 bridgehead atoms. The highest BCUT2D eigenvalue weighted by Crippen LogP contribution is 2.18. The van der Waals surface area contributed by atoms with Gasteiger partial charge in [-0.25, -0.2) is 0 Å². The standard InChI is InChI=1S/C12H10ClNOS/c13-7-1-2-9-3-5-10(6-4-9)11-8-16-12(15)14-11/h1-6,8H,7H2,(H,14,15). The van der Waals surface area contributed by atoms with Crippen molar-refractivity contribution in [3.05, 3.63) is 51.0 Å². The molecule has 16 heavy (non-hydrogen) atoms. The van der Waals surface area contributed by atoms with E-state index in [9.17, 15) is 4.79 Å². The number of nitrogens with one attached hydrogen (secondary N) is 1. The fraction of sp³-hybridized carbons (Fsp3) is 0.0833. The van der Waals surface area contributed by atoms with Gasteiger partial charge < -0.3 is 4.98 Å². The summed E-state index contributed by atoms with van der Waals surface area (Å²) in [6.45, 7) is 0. The number of H-pyrrole nitrogens is 1. The highest BCUT2D eigenvalue weighted by atomic mass is 35.5. The number of allylic oxidation sites excluding steroid dienone is 1. The summed E-state index contributed by atoms with van der Waals surface area (Å²) in [6.07, 6.45) is 3.86. The summed E-state index contributed by atoms with van der Waals surface area (Å²) in [4.78, 5) is 13.8. The average molecular weight is 252 g/mol. The van der Waals surface area contributed by atoms with E-state index in [0.29, 0.717) is 5.88 Å². The van der Waals surface area contributed by atoms with E-state index >= 15 is 0 Å². The van der Waals surface area contributed by atoms with Crippen LogP contribution in [0.15, 0.2) is 40.5 Å². The maximum Gasteiger partial charge on any atom is 0.304 e. The Morgan fingerprint density at radius 3 is 2.62 bits per heavy atom.